The molecule has 3 rings (SSSR count). The second kappa shape index (κ2) is 5.57. The minimum Gasteiger partial charge on any atom is -0.497 e. The van der Waals surface area contributed by atoms with Gasteiger partial charge in [0.1, 0.15) is 16.4 Å². The lowest BCUT2D eigenvalue weighted by Gasteiger charge is -2.10. The van der Waals surface area contributed by atoms with E-state index in [0.29, 0.717) is 5.82 Å². The summed E-state index contributed by atoms with van der Waals surface area (Å²) in [5, 5.41) is 0.756. The van der Waals surface area contributed by atoms with Gasteiger partial charge in [-0.05, 0) is 50.1 Å². The molecule has 4 nitrogen and oxygen atoms in total. The van der Waals surface area contributed by atoms with E-state index in [2.05, 4.69) is 18.8 Å². The second-order valence-electron chi connectivity index (χ2n) is 5.17. The fourth-order valence-electron chi connectivity index (χ4n) is 2.78. The van der Waals surface area contributed by atoms with Gasteiger partial charge in [0.15, 0.2) is 0 Å². The van der Waals surface area contributed by atoms with E-state index in [0.717, 1.165) is 33.6 Å². The third kappa shape index (κ3) is 2.22. The smallest absolute Gasteiger partial charge is 0.267 e. The summed E-state index contributed by atoms with van der Waals surface area (Å²) in [7, 11) is 1.63. The summed E-state index contributed by atoms with van der Waals surface area (Å²) in [6.45, 7) is 5.99. The number of aryl methyl sites for hydroxylation is 3. The summed E-state index contributed by atoms with van der Waals surface area (Å²) < 4.78 is 6.85. The minimum atomic E-state index is 0.00821. The number of methoxy groups -OCH3 is 1. The van der Waals surface area contributed by atoms with E-state index in [1.54, 1.807) is 23.0 Å². The number of benzene rings is 1. The third-order valence-corrected chi connectivity index (χ3v) is 4.92. The van der Waals surface area contributed by atoms with Crippen LogP contribution in [0.2, 0.25) is 0 Å². The van der Waals surface area contributed by atoms with Gasteiger partial charge in [-0.25, -0.2) is 4.98 Å². The van der Waals surface area contributed by atoms with E-state index < -0.39 is 0 Å². The molecule has 1 aromatic carbocycles. The van der Waals surface area contributed by atoms with Crippen LogP contribution in [-0.2, 0) is 6.42 Å². The van der Waals surface area contributed by atoms with E-state index in [9.17, 15) is 4.79 Å². The first-order valence-corrected chi connectivity index (χ1v) is 8.04. The maximum atomic E-state index is 13.0. The molecular weight excluding hydrogens is 296 g/mol. The molecule has 0 spiro atoms. The van der Waals surface area contributed by atoms with Crippen LogP contribution in [0.3, 0.4) is 0 Å². The molecule has 114 valence electrons. The first kappa shape index (κ1) is 14.8. The van der Waals surface area contributed by atoms with Gasteiger partial charge in [0, 0.05) is 4.88 Å². The molecule has 0 saturated heterocycles. The summed E-state index contributed by atoms with van der Waals surface area (Å²) >= 11 is 1.60. The van der Waals surface area contributed by atoms with E-state index >= 15 is 0 Å². The van der Waals surface area contributed by atoms with Crippen molar-refractivity contribution < 1.29 is 4.74 Å². The van der Waals surface area contributed by atoms with Gasteiger partial charge in [0.25, 0.3) is 5.56 Å². The van der Waals surface area contributed by atoms with Crippen LogP contribution in [0.15, 0.2) is 29.1 Å². The van der Waals surface area contributed by atoms with E-state index in [4.69, 9.17) is 4.74 Å². The zero-order valence-electron chi connectivity index (χ0n) is 13.1. The normalized spacial score (nSPS) is 11.1. The molecule has 0 aliphatic carbocycles. The quantitative estimate of drug-likeness (QED) is 0.741. The molecule has 5 heteroatoms. The van der Waals surface area contributed by atoms with Crippen LogP contribution in [0.5, 0.6) is 5.75 Å². The lowest BCUT2D eigenvalue weighted by atomic mass is 10.1. The van der Waals surface area contributed by atoms with Crippen molar-refractivity contribution in [2.24, 2.45) is 0 Å². The predicted molar refractivity (Wildman–Crippen MR) is 90.6 cm³/mol. The SMILES string of the molecule is CCc1c(C)sc2nc(C)n(-c3ccc(OC)cc3)c(=O)c12. The van der Waals surface area contributed by atoms with Crippen molar-refractivity contribution in [3.8, 4) is 11.4 Å². The van der Waals surface area contributed by atoms with Crippen LogP contribution in [0.4, 0.5) is 0 Å². The van der Waals surface area contributed by atoms with E-state index in [1.165, 1.54) is 4.88 Å². The molecule has 0 N–H and O–H groups in total. The molecule has 0 radical (unpaired) electrons. The standard InChI is InChI=1S/C17H18N2O2S/c1-5-14-10(2)22-16-15(14)17(20)19(11(3)18-16)12-6-8-13(21-4)9-7-12/h6-9H,5H2,1-4H3. The highest BCUT2D eigenvalue weighted by atomic mass is 32.1. The molecule has 0 amide bonds. The largest absolute Gasteiger partial charge is 0.497 e. The van der Waals surface area contributed by atoms with Crippen LogP contribution in [0.25, 0.3) is 15.9 Å². The first-order valence-electron chi connectivity index (χ1n) is 7.22. The van der Waals surface area contributed by atoms with Crippen LogP contribution >= 0.6 is 11.3 Å². The lowest BCUT2D eigenvalue weighted by molar-refractivity contribution is 0.414. The zero-order chi connectivity index (χ0) is 15.9. The van der Waals surface area contributed by atoms with Crippen molar-refractivity contribution in [1.82, 2.24) is 9.55 Å². The number of ether oxygens (including phenoxy) is 1. The Morgan fingerprint density at radius 2 is 1.91 bits per heavy atom. The Morgan fingerprint density at radius 3 is 2.50 bits per heavy atom. The van der Waals surface area contributed by atoms with Crippen LogP contribution in [0.1, 0.15) is 23.2 Å². The minimum absolute atomic E-state index is 0.00821. The van der Waals surface area contributed by atoms with Crippen LogP contribution in [0, 0.1) is 13.8 Å². The average molecular weight is 314 g/mol. The van der Waals surface area contributed by atoms with Crippen molar-refractivity contribution in [3.05, 3.63) is 50.9 Å². The second-order valence-corrected chi connectivity index (χ2v) is 6.37. The highest BCUT2D eigenvalue weighted by Gasteiger charge is 2.16. The summed E-state index contributed by atoms with van der Waals surface area (Å²) in [4.78, 5) is 19.6. The van der Waals surface area contributed by atoms with E-state index in [-0.39, 0.29) is 5.56 Å². The number of hydrogen-bond acceptors (Lipinski definition) is 4. The first-order chi connectivity index (χ1) is 10.6. The van der Waals surface area contributed by atoms with Crippen molar-refractivity contribution >= 4 is 21.6 Å². The molecule has 3 aromatic rings. The number of aromatic nitrogens is 2. The molecule has 22 heavy (non-hydrogen) atoms. The Bertz CT molecular complexity index is 892. The summed E-state index contributed by atoms with van der Waals surface area (Å²) in [5.74, 6) is 1.47. The van der Waals surface area contributed by atoms with Gasteiger partial charge in [-0.1, -0.05) is 6.92 Å². The molecular formula is C17H18N2O2S. The fraction of sp³-hybridized carbons (Fsp3) is 0.294. The van der Waals surface area contributed by atoms with Gasteiger partial charge < -0.3 is 4.74 Å². The van der Waals surface area contributed by atoms with Gasteiger partial charge >= 0.3 is 0 Å². The number of fused-ring (bicyclic) bond motifs is 1. The summed E-state index contributed by atoms with van der Waals surface area (Å²) in [6.07, 6.45) is 0.842. The number of rotatable bonds is 3. The Balaban J connectivity index is 2.31. The van der Waals surface area contributed by atoms with E-state index in [1.807, 2.05) is 31.2 Å². The van der Waals surface area contributed by atoms with Crippen molar-refractivity contribution in [2.45, 2.75) is 27.2 Å². The van der Waals surface area contributed by atoms with Gasteiger partial charge in [-0.2, -0.15) is 0 Å². The molecule has 0 aliphatic heterocycles. The molecule has 0 aliphatic rings. The number of nitrogens with zero attached hydrogens (tertiary/aromatic N) is 2. The summed E-state index contributed by atoms with van der Waals surface area (Å²) in [6, 6.07) is 7.47. The Morgan fingerprint density at radius 1 is 1.23 bits per heavy atom. The summed E-state index contributed by atoms with van der Waals surface area (Å²) in [5.41, 5.74) is 1.93. The fourth-order valence-corrected chi connectivity index (χ4v) is 3.93. The molecule has 2 aromatic heterocycles. The van der Waals surface area contributed by atoms with Crippen LogP contribution < -0.4 is 10.3 Å². The highest BCUT2D eigenvalue weighted by molar-refractivity contribution is 7.18. The molecule has 0 fully saturated rings. The van der Waals surface area contributed by atoms with Crippen molar-refractivity contribution in [2.75, 3.05) is 7.11 Å². The highest BCUT2D eigenvalue weighted by Crippen LogP contribution is 2.28. The molecule has 0 unspecified atom stereocenters. The van der Waals surface area contributed by atoms with Gasteiger partial charge in [0.2, 0.25) is 0 Å². The molecule has 2 heterocycles. The Kier molecular flexibility index (Phi) is 3.74. The molecule has 0 atom stereocenters. The lowest BCUT2D eigenvalue weighted by Crippen LogP contribution is -2.22. The maximum Gasteiger partial charge on any atom is 0.267 e. The number of hydrogen-bond donors (Lipinski definition) is 0. The maximum absolute atomic E-state index is 13.0. The van der Waals surface area contributed by atoms with Crippen molar-refractivity contribution in [3.63, 3.8) is 0 Å². The molecule has 0 bridgehead atoms. The van der Waals surface area contributed by atoms with Gasteiger partial charge in [0.05, 0.1) is 18.2 Å². The third-order valence-electron chi connectivity index (χ3n) is 3.88. The van der Waals surface area contributed by atoms with Gasteiger partial charge in [-0.3, -0.25) is 9.36 Å². The Hall–Kier alpha value is -2.14. The van der Waals surface area contributed by atoms with Crippen molar-refractivity contribution in [1.29, 1.82) is 0 Å². The zero-order valence-corrected chi connectivity index (χ0v) is 14.0. The van der Waals surface area contributed by atoms with Crippen LogP contribution in [-0.4, -0.2) is 16.7 Å². The predicted octanol–water partition coefficient (Wildman–Crippen LogP) is 3.64. The Labute approximate surface area is 133 Å². The monoisotopic (exact) mass is 314 g/mol. The van der Waals surface area contributed by atoms with Gasteiger partial charge in [-0.15, -0.1) is 11.3 Å². The topological polar surface area (TPSA) is 44.1 Å². The number of thiophene rings is 1. The molecule has 0 saturated carbocycles. The average Bonchev–Trinajstić information content (AvgIpc) is 2.83.